The van der Waals surface area contributed by atoms with E-state index in [0.29, 0.717) is 12.5 Å². The van der Waals surface area contributed by atoms with Crippen molar-refractivity contribution >= 4 is 22.2 Å². The minimum Gasteiger partial charge on any atom is -0.350 e. The van der Waals surface area contributed by atoms with Gasteiger partial charge in [0.25, 0.3) is 0 Å². The number of nitrogens with one attached hydrogen (secondary N) is 1. The number of aryl methyl sites for hydroxylation is 1. The van der Waals surface area contributed by atoms with Crippen LogP contribution in [-0.2, 0) is 11.3 Å². The zero-order valence-corrected chi connectivity index (χ0v) is 15.1. The van der Waals surface area contributed by atoms with Crippen molar-refractivity contribution in [2.75, 3.05) is 0 Å². The summed E-state index contributed by atoms with van der Waals surface area (Å²) in [5, 5.41) is 8.46. The molecule has 4 rings (SSSR count). The molecule has 3 aromatic rings. The summed E-state index contributed by atoms with van der Waals surface area (Å²) in [6.45, 7) is 2.41. The van der Waals surface area contributed by atoms with Gasteiger partial charge in [0, 0.05) is 0 Å². The molecule has 1 aliphatic carbocycles. The zero-order chi connectivity index (χ0) is 17.2. The summed E-state index contributed by atoms with van der Waals surface area (Å²) in [4.78, 5) is 18.4. The summed E-state index contributed by atoms with van der Waals surface area (Å²) >= 11 is 1.56. The molecule has 130 valence electrons. The second-order valence-corrected chi connectivity index (χ2v) is 7.89. The Morgan fingerprint density at radius 1 is 1.32 bits per heavy atom. The van der Waals surface area contributed by atoms with Crippen LogP contribution in [-0.4, -0.2) is 20.5 Å². The van der Waals surface area contributed by atoms with Gasteiger partial charge in [-0.1, -0.05) is 54.5 Å². The van der Waals surface area contributed by atoms with Crippen molar-refractivity contribution in [2.24, 2.45) is 5.92 Å². The smallest absolute Gasteiger partial charge is 0.228 e. The molecule has 6 heteroatoms. The van der Waals surface area contributed by atoms with Crippen molar-refractivity contribution in [1.82, 2.24) is 19.9 Å². The number of aromatic nitrogens is 3. The number of amides is 1. The van der Waals surface area contributed by atoms with Gasteiger partial charge < -0.3 is 5.32 Å². The lowest BCUT2D eigenvalue weighted by Gasteiger charge is -2.23. The molecule has 0 bridgehead atoms. The average Bonchev–Trinajstić information content (AvgIpc) is 3.31. The van der Waals surface area contributed by atoms with Crippen LogP contribution in [0, 0.1) is 12.8 Å². The van der Waals surface area contributed by atoms with Crippen LogP contribution in [0.4, 0.5) is 0 Å². The predicted octanol–water partition coefficient (Wildman–Crippen LogP) is 3.69. The predicted molar refractivity (Wildman–Crippen MR) is 98.6 cm³/mol. The zero-order valence-electron chi connectivity index (χ0n) is 14.3. The first-order chi connectivity index (χ1) is 12.2. The van der Waals surface area contributed by atoms with Crippen LogP contribution < -0.4 is 5.32 Å². The largest absolute Gasteiger partial charge is 0.350 e. The van der Waals surface area contributed by atoms with Crippen molar-refractivity contribution in [3.63, 3.8) is 0 Å². The van der Waals surface area contributed by atoms with Crippen LogP contribution in [0.1, 0.15) is 47.9 Å². The molecule has 1 atom stereocenters. The number of nitrogens with zero attached hydrogens (tertiary/aromatic N) is 3. The summed E-state index contributed by atoms with van der Waals surface area (Å²) in [6, 6.07) is 10.2. The summed E-state index contributed by atoms with van der Waals surface area (Å²) in [5.74, 6) is 0.489. The maximum atomic E-state index is 13.0. The van der Waals surface area contributed by atoms with Gasteiger partial charge in [-0.25, -0.2) is 9.50 Å². The molecule has 1 N–H and O–H groups in total. The van der Waals surface area contributed by atoms with E-state index in [0.717, 1.165) is 34.1 Å². The minimum atomic E-state index is -0.0622. The van der Waals surface area contributed by atoms with Gasteiger partial charge in [-0.2, -0.15) is 5.10 Å². The molecular formula is C19H22N4OS. The topological polar surface area (TPSA) is 59.3 Å². The fourth-order valence-electron chi connectivity index (χ4n) is 3.81. The highest BCUT2D eigenvalue weighted by Gasteiger charge is 2.31. The maximum Gasteiger partial charge on any atom is 0.228 e. The second kappa shape index (κ2) is 6.96. The van der Waals surface area contributed by atoms with Crippen LogP contribution in [0.2, 0.25) is 0 Å². The molecule has 1 amide bonds. The molecule has 2 aromatic heterocycles. The Hall–Kier alpha value is -2.21. The molecule has 2 heterocycles. The van der Waals surface area contributed by atoms with Crippen LogP contribution in [0.15, 0.2) is 36.5 Å². The third kappa shape index (κ3) is 3.44. The van der Waals surface area contributed by atoms with Gasteiger partial charge in [0.05, 0.1) is 24.4 Å². The summed E-state index contributed by atoms with van der Waals surface area (Å²) in [6.07, 6.45) is 6.62. The number of carbonyl (C=O) groups is 1. The quantitative estimate of drug-likeness (QED) is 0.760. The molecule has 0 saturated heterocycles. The number of benzene rings is 1. The number of hydrogen-bond donors (Lipinski definition) is 1. The van der Waals surface area contributed by atoms with Gasteiger partial charge in [-0.15, -0.1) is 0 Å². The van der Waals surface area contributed by atoms with E-state index in [1.165, 1.54) is 12.8 Å². The second-order valence-electron chi connectivity index (χ2n) is 6.73. The molecule has 1 aliphatic rings. The first-order valence-electron chi connectivity index (χ1n) is 8.85. The molecule has 0 radical (unpaired) electrons. The third-order valence-corrected chi connectivity index (χ3v) is 5.79. The van der Waals surface area contributed by atoms with Crippen LogP contribution in [0.25, 0.3) is 4.96 Å². The van der Waals surface area contributed by atoms with Crippen molar-refractivity contribution in [2.45, 2.75) is 45.1 Å². The summed E-state index contributed by atoms with van der Waals surface area (Å²) in [5.41, 5.74) is 1.97. The lowest BCUT2D eigenvalue weighted by atomic mass is 9.84. The molecule has 1 saturated carbocycles. The lowest BCUT2D eigenvalue weighted by Crippen LogP contribution is -2.32. The number of carbonyl (C=O) groups excluding carboxylic acids is 1. The Morgan fingerprint density at radius 3 is 2.80 bits per heavy atom. The normalized spacial score (nSPS) is 16.4. The first kappa shape index (κ1) is 16.3. The van der Waals surface area contributed by atoms with E-state index in [1.54, 1.807) is 15.9 Å². The molecule has 0 unspecified atom stereocenters. The Morgan fingerprint density at radius 2 is 2.08 bits per heavy atom. The van der Waals surface area contributed by atoms with Gasteiger partial charge in [0.15, 0.2) is 0 Å². The Kier molecular flexibility index (Phi) is 4.53. The molecule has 1 aromatic carbocycles. The summed E-state index contributed by atoms with van der Waals surface area (Å²) in [7, 11) is 0. The number of fused-ring (bicyclic) bond motifs is 1. The van der Waals surface area contributed by atoms with Crippen molar-refractivity contribution in [3.05, 3.63) is 52.8 Å². The standard InChI is InChI=1S/C19H22N4OS/c1-13-22-23-12-16(21-19(23)25-13)11-20-18(24)17(15-9-5-6-10-15)14-7-3-2-4-8-14/h2-4,7-8,12,15,17H,5-6,9-11H2,1H3,(H,20,24)/t17-/m0/s1. The first-order valence-corrected chi connectivity index (χ1v) is 9.67. The number of rotatable bonds is 5. The fourth-order valence-corrected chi connectivity index (χ4v) is 4.55. The Bertz CT molecular complexity index is 833. The number of hydrogen-bond acceptors (Lipinski definition) is 4. The molecular weight excluding hydrogens is 332 g/mol. The molecule has 0 aliphatic heterocycles. The average molecular weight is 354 g/mol. The SMILES string of the molecule is Cc1nn2cc(CNC(=O)[C@@H](c3ccccc3)C3CCCC3)nc2s1. The van der Waals surface area contributed by atoms with Gasteiger partial charge in [0.2, 0.25) is 10.9 Å². The minimum absolute atomic E-state index is 0.0622. The monoisotopic (exact) mass is 354 g/mol. The lowest BCUT2D eigenvalue weighted by molar-refractivity contribution is -0.123. The van der Waals surface area contributed by atoms with E-state index in [4.69, 9.17) is 0 Å². The molecule has 25 heavy (non-hydrogen) atoms. The molecule has 5 nitrogen and oxygen atoms in total. The summed E-state index contributed by atoms with van der Waals surface area (Å²) < 4.78 is 1.78. The Balaban J connectivity index is 1.48. The van der Waals surface area contributed by atoms with Crippen LogP contribution in [0.3, 0.4) is 0 Å². The molecule has 0 spiro atoms. The van der Waals surface area contributed by atoms with E-state index in [1.807, 2.05) is 31.3 Å². The highest BCUT2D eigenvalue weighted by molar-refractivity contribution is 7.16. The van der Waals surface area contributed by atoms with Gasteiger partial charge in [-0.3, -0.25) is 4.79 Å². The fraction of sp³-hybridized carbons (Fsp3) is 0.421. The van der Waals surface area contributed by atoms with Crippen LogP contribution >= 0.6 is 11.3 Å². The third-order valence-electron chi connectivity index (χ3n) is 4.95. The van der Waals surface area contributed by atoms with Crippen molar-refractivity contribution in [3.8, 4) is 0 Å². The van der Waals surface area contributed by atoms with Gasteiger partial charge in [-0.05, 0) is 31.2 Å². The van der Waals surface area contributed by atoms with E-state index < -0.39 is 0 Å². The van der Waals surface area contributed by atoms with E-state index in [2.05, 4.69) is 27.5 Å². The highest BCUT2D eigenvalue weighted by Crippen LogP contribution is 2.37. The van der Waals surface area contributed by atoms with Gasteiger partial charge >= 0.3 is 0 Å². The van der Waals surface area contributed by atoms with E-state index >= 15 is 0 Å². The Labute approximate surface area is 151 Å². The van der Waals surface area contributed by atoms with Crippen LogP contribution in [0.5, 0.6) is 0 Å². The molecule has 1 fully saturated rings. The van der Waals surface area contributed by atoms with Crippen molar-refractivity contribution < 1.29 is 4.79 Å². The highest BCUT2D eigenvalue weighted by atomic mass is 32.1. The van der Waals surface area contributed by atoms with E-state index in [-0.39, 0.29) is 11.8 Å². The maximum absolute atomic E-state index is 13.0. The van der Waals surface area contributed by atoms with Gasteiger partial charge in [0.1, 0.15) is 5.01 Å². The number of imidazole rings is 1. The van der Waals surface area contributed by atoms with E-state index in [9.17, 15) is 4.79 Å². The van der Waals surface area contributed by atoms with Crippen molar-refractivity contribution in [1.29, 1.82) is 0 Å².